The van der Waals surface area contributed by atoms with Crippen molar-refractivity contribution in [1.29, 1.82) is 0 Å². The Bertz CT molecular complexity index is 896. The number of nitrogens with zero attached hydrogens (tertiary/aromatic N) is 3. The zero-order valence-electron chi connectivity index (χ0n) is 10.4. The van der Waals surface area contributed by atoms with Crippen LogP contribution >= 0.6 is 0 Å². The first-order chi connectivity index (χ1) is 8.75. The quantitative estimate of drug-likeness (QED) is 0.458. The SMILES string of the molecule is Cc1cn2ccc3c4ccccc4n(C)c3c2n1. The molecule has 3 heteroatoms. The van der Waals surface area contributed by atoms with Crippen molar-refractivity contribution in [3.8, 4) is 0 Å². The highest BCUT2D eigenvalue weighted by Gasteiger charge is 2.12. The first-order valence-corrected chi connectivity index (χ1v) is 6.07. The van der Waals surface area contributed by atoms with E-state index in [-0.39, 0.29) is 0 Å². The van der Waals surface area contributed by atoms with Crippen LogP contribution in [0, 0.1) is 6.92 Å². The van der Waals surface area contributed by atoms with Crippen molar-refractivity contribution in [3.63, 3.8) is 0 Å². The van der Waals surface area contributed by atoms with Crippen molar-refractivity contribution >= 4 is 27.5 Å². The van der Waals surface area contributed by atoms with Gasteiger partial charge >= 0.3 is 0 Å². The summed E-state index contributed by atoms with van der Waals surface area (Å²) < 4.78 is 4.32. The molecular formula is C15H13N3. The van der Waals surface area contributed by atoms with Crippen LogP contribution < -0.4 is 0 Å². The predicted octanol–water partition coefficient (Wildman–Crippen LogP) is 3.29. The molecule has 18 heavy (non-hydrogen) atoms. The molecule has 0 unspecified atom stereocenters. The summed E-state index contributed by atoms with van der Waals surface area (Å²) in [6, 6.07) is 10.7. The van der Waals surface area contributed by atoms with Crippen molar-refractivity contribution in [2.45, 2.75) is 6.92 Å². The first kappa shape index (κ1) is 9.71. The number of aryl methyl sites for hydroxylation is 2. The Morgan fingerprint density at radius 2 is 1.89 bits per heavy atom. The molecular weight excluding hydrogens is 222 g/mol. The number of hydrogen-bond acceptors (Lipinski definition) is 1. The summed E-state index contributed by atoms with van der Waals surface area (Å²) in [5.74, 6) is 0. The molecule has 0 aliphatic heterocycles. The van der Waals surface area contributed by atoms with E-state index >= 15 is 0 Å². The topological polar surface area (TPSA) is 22.2 Å². The Morgan fingerprint density at radius 3 is 2.78 bits per heavy atom. The van der Waals surface area contributed by atoms with Crippen LogP contribution in [0.1, 0.15) is 5.69 Å². The number of imidazole rings is 1. The van der Waals surface area contributed by atoms with Gasteiger partial charge in [0, 0.05) is 35.7 Å². The molecule has 0 aliphatic carbocycles. The molecule has 0 amide bonds. The highest BCUT2D eigenvalue weighted by Crippen LogP contribution is 2.30. The third kappa shape index (κ3) is 1.06. The van der Waals surface area contributed by atoms with Crippen LogP contribution in [0.2, 0.25) is 0 Å². The fourth-order valence-electron chi connectivity index (χ4n) is 2.82. The second-order valence-corrected chi connectivity index (χ2v) is 4.77. The molecule has 0 bridgehead atoms. The minimum absolute atomic E-state index is 1.03. The maximum Gasteiger partial charge on any atom is 0.161 e. The molecule has 0 saturated carbocycles. The van der Waals surface area contributed by atoms with Gasteiger partial charge in [0.25, 0.3) is 0 Å². The fourth-order valence-corrected chi connectivity index (χ4v) is 2.82. The summed E-state index contributed by atoms with van der Waals surface area (Å²) in [7, 11) is 2.11. The second-order valence-electron chi connectivity index (χ2n) is 4.77. The lowest BCUT2D eigenvalue weighted by Crippen LogP contribution is -1.90. The first-order valence-electron chi connectivity index (χ1n) is 6.07. The molecule has 0 N–H and O–H groups in total. The monoisotopic (exact) mass is 235 g/mol. The van der Waals surface area contributed by atoms with Gasteiger partial charge in [0.05, 0.1) is 11.2 Å². The molecule has 3 aromatic heterocycles. The third-order valence-electron chi connectivity index (χ3n) is 3.61. The van der Waals surface area contributed by atoms with Gasteiger partial charge < -0.3 is 8.97 Å². The van der Waals surface area contributed by atoms with Gasteiger partial charge in [-0.2, -0.15) is 0 Å². The summed E-state index contributed by atoms with van der Waals surface area (Å²) >= 11 is 0. The van der Waals surface area contributed by atoms with E-state index in [1.165, 1.54) is 21.8 Å². The molecule has 0 saturated heterocycles. The van der Waals surface area contributed by atoms with Crippen LogP contribution in [0.4, 0.5) is 0 Å². The van der Waals surface area contributed by atoms with Crippen LogP contribution in [0.3, 0.4) is 0 Å². The molecule has 4 aromatic rings. The Balaban J connectivity index is 2.38. The van der Waals surface area contributed by atoms with E-state index in [1.54, 1.807) is 0 Å². The normalized spacial score (nSPS) is 11.9. The third-order valence-corrected chi connectivity index (χ3v) is 3.61. The molecule has 0 radical (unpaired) electrons. The molecule has 88 valence electrons. The lowest BCUT2D eigenvalue weighted by Gasteiger charge is -1.99. The van der Waals surface area contributed by atoms with Gasteiger partial charge in [-0.05, 0) is 19.1 Å². The van der Waals surface area contributed by atoms with Crippen LogP contribution in [0.15, 0.2) is 42.7 Å². The zero-order chi connectivity index (χ0) is 12.3. The highest BCUT2D eigenvalue weighted by molar-refractivity contribution is 6.11. The number of aromatic nitrogens is 3. The molecule has 1 aromatic carbocycles. The van der Waals surface area contributed by atoms with Crippen molar-refractivity contribution in [1.82, 2.24) is 14.0 Å². The summed E-state index contributed by atoms with van der Waals surface area (Å²) in [6.07, 6.45) is 4.15. The van der Waals surface area contributed by atoms with Crippen LogP contribution in [-0.2, 0) is 7.05 Å². The van der Waals surface area contributed by atoms with E-state index < -0.39 is 0 Å². The lowest BCUT2D eigenvalue weighted by molar-refractivity contribution is 1.01. The number of rotatable bonds is 0. The molecule has 0 atom stereocenters. The van der Waals surface area contributed by atoms with Crippen molar-refractivity contribution in [2.24, 2.45) is 7.05 Å². The minimum atomic E-state index is 1.03. The Kier molecular flexibility index (Phi) is 1.69. The van der Waals surface area contributed by atoms with Gasteiger partial charge in [-0.1, -0.05) is 18.2 Å². The maximum absolute atomic E-state index is 4.64. The fraction of sp³-hybridized carbons (Fsp3) is 0.133. The van der Waals surface area contributed by atoms with Gasteiger partial charge in [0.1, 0.15) is 0 Å². The summed E-state index contributed by atoms with van der Waals surface area (Å²) in [4.78, 5) is 4.64. The number of benzene rings is 1. The molecule has 3 heterocycles. The van der Waals surface area contributed by atoms with Crippen LogP contribution in [0.25, 0.3) is 27.5 Å². The van der Waals surface area contributed by atoms with Gasteiger partial charge in [-0.3, -0.25) is 0 Å². The number of para-hydroxylation sites is 1. The van der Waals surface area contributed by atoms with Gasteiger partial charge in [-0.25, -0.2) is 4.98 Å². The van der Waals surface area contributed by atoms with Gasteiger partial charge in [-0.15, -0.1) is 0 Å². The van der Waals surface area contributed by atoms with Crippen LogP contribution in [0.5, 0.6) is 0 Å². The smallest absolute Gasteiger partial charge is 0.161 e. The molecule has 0 aliphatic rings. The lowest BCUT2D eigenvalue weighted by atomic mass is 10.2. The molecule has 0 fully saturated rings. The number of pyridine rings is 1. The second kappa shape index (κ2) is 3.13. The number of hydrogen-bond donors (Lipinski definition) is 0. The largest absolute Gasteiger partial charge is 0.341 e. The van der Waals surface area contributed by atoms with Crippen molar-refractivity contribution in [2.75, 3.05) is 0 Å². The summed E-state index contributed by atoms with van der Waals surface area (Å²) in [5.41, 5.74) is 4.53. The minimum Gasteiger partial charge on any atom is -0.341 e. The summed E-state index contributed by atoms with van der Waals surface area (Å²) in [5, 5.41) is 2.56. The Hall–Kier alpha value is -2.29. The average Bonchev–Trinajstić information content (AvgIpc) is 2.88. The van der Waals surface area contributed by atoms with E-state index in [0.717, 1.165) is 11.3 Å². The van der Waals surface area contributed by atoms with Gasteiger partial charge in [0.2, 0.25) is 0 Å². The highest BCUT2D eigenvalue weighted by atomic mass is 15.0. The Labute approximate surface area is 104 Å². The van der Waals surface area contributed by atoms with E-state index in [9.17, 15) is 0 Å². The molecule has 0 spiro atoms. The molecule has 3 nitrogen and oxygen atoms in total. The number of fused-ring (bicyclic) bond motifs is 5. The maximum atomic E-state index is 4.64. The van der Waals surface area contributed by atoms with Crippen LogP contribution in [-0.4, -0.2) is 14.0 Å². The average molecular weight is 235 g/mol. The summed E-state index contributed by atoms with van der Waals surface area (Å²) in [6.45, 7) is 2.03. The van der Waals surface area contributed by atoms with Crippen molar-refractivity contribution in [3.05, 3.63) is 48.4 Å². The Morgan fingerprint density at radius 1 is 1.06 bits per heavy atom. The van der Waals surface area contributed by atoms with E-state index in [4.69, 9.17) is 0 Å². The van der Waals surface area contributed by atoms with E-state index in [0.29, 0.717) is 0 Å². The van der Waals surface area contributed by atoms with E-state index in [2.05, 4.69) is 63.7 Å². The predicted molar refractivity (Wildman–Crippen MR) is 73.9 cm³/mol. The van der Waals surface area contributed by atoms with Gasteiger partial charge in [0.15, 0.2) is 5.65 Å². The molecule has 4 rings (SSSR count). The standard InChI is InChI=1S/C15H13N3/c1-10-9-18-8-7-12-11-5-3-4-6-13(11)17(2)14(12)15(18)16-10/h3-9H,1-2H3. The zero-order valence-corrected chi connectivity index (χ0v) is 10.4. The van der Waals surface area contributed by atoms with E-state index in [1.807, 2.05) is 6.92 Å². The van der Waals surface area contributed by atoms with Crippen molar-refractivity contribution < 1.29 is 0 Å².